The molecule has 0 aromatic carbocycles. The molecule has 0 radical (unpaired) electrons. The van der Waals surface area contributed by atoms with Gasteiger partial charge in [0.1, 0.15) is 0 Å². The number of rotatable bonds is 5. The van der Waals surface area contributed by atoms with E-state index >= 15 is 0 Å². The van der Waals surface area contributed by atoms with Crippen LogP contribution >= 0.6 is 0 Å². The molecular formula is C26H44N4O. The SMILES string of the molecule is CCCC1(O)CCC2C(CCC3C2CCC2(C)C(C(C)Cn4nnc(C)n4)CCC32)C1. The van der Waals surface area contributed by atoms with E-state index in [0.717, 1.165) is 73.6 Å². The van der Waals surface area contributed by atoms with Gasteiger partial charge in [-0.1, -0.05) is 27.2 Å². The Bertz CT molecular complexity index is 779. The molecule has 4 aliphatic rings. The summed E-state index contributed by atoms with van der Waals surface area (Å²) in [5.41, 5.74) is 0.133. The Morgan fingerprint density at radius 3 is 2.61 bits per heavy atom. The third kappa shape index (κ3) is 3.77. The van der Waals surface area contributed by atoms with Crippen molar-refractivity contribution in [3.63, 3.8) is 0 Å². The molecule has 4 saturated carbocycles. The predicted molar refractivity (Wildman–Crippen MR) is 122 cm³/mol. The zero-order chi connectivity index (χ0) is 21.8. The number of hydrogen-bond acceptors (Lipinski definition) is 4. The Balaban J connectivity index is 1.28. The molecule has 1 N–H and O–H groups in total. The third-order valence-electron chi connectivity index (χ3n) is 10.6. The van der Waals surface area contributed by atoms with E-state index < -0.39 is 0 Å². The summed E-state index contributed by atoms with van der Waals surface area (Å²) in [5, 5.41) is 23.9. The van der Waals surface area contributed by atoms with Crippen molar-refractivity contribution in [3.8, 4) is 0 Å². The molecule has 1 heterocycles. The van der Waals surface area contributed by atoms with Crippen LogP contribution in [0.3, 0.4) is 0 Å². The van der Waals surface area contributed by atoms with Crippen molar-refractivity contribution in [3.05, 3.63) is 5.82 Å². The Hall–Kier alpha value is -0.970. The standard InChI is InChI=1S/C26H44N4O/c1-5-12-26(31)14-11-20-19(15-26)6-7-22-21(20)10-13-25(4)23(8-9-24(22)25)17(2)16-30-28-18(3)27-29-30/h17,19-24,31H,5-16H2,1-4H3. The van der Waals surface area contributed by atoms with Gasteiger partial charge >= 0.3 is 0 Å². The summed E-state index contributed by atoms with van der Waals surface area (Å²) in [6, 6.07) is 0. The lowest BCUT2D eigenvalue weighted by atomic mass is 9.48. The smallest absolute Gasteiger partial charge is 0.171 e. The van der Waals surface area contributed by atoms with Crippen molar-refractivity contribution in [1.82, 2.24) is 20.2 Å². The van der Waals surface area contributed by atoms with E-state index in [9.17, 15) is 5.11 Å². The molecule has 0 bridgehead atoms. The molecule has 4 fully saturated rings. The van der Waals surface area contributed by atoms with E-state index in [4.69, 9.17) is 0 Å². The zero-order valence-electron chi connectivity index (χ0n) is 20.3. The van der Waals surface area contributed by atoms with Crippen LogP contribution in [-0.4, -0.2) is 30.9 Å². The van der Waals surface area contributed by atoms with Crippen LogP contribution in [0.1, 0.15) is 97.2 Å². The average Bonchev–Trinajstić information content (AvgIpc) is 3.29. The van der Waals surface area contributed by atoms with Gasteiger partial charge in [-0.15, -0.1) is 10.2 Å². The van der Waals surface area contributed by atoms with Crippen LogP contribution in [0.25, 0.3) is 0 Å². The summed E-state index contributed by atoms with van der Waals surface area (Å²) in [7, 11) is 0. The fraction of sp³-hybridized carbons (Fsp3) is 0.962. The fourth-order valence-corrected chi connectivity index (χ4v) is 9.42. The zero-order valence-corrected chi connectivity index (χ0v) is 20.3. The van der Waals surface area contributed by atoms with Crippen LogP contribution in [0.4, 0.5) is 0 Å². The lowest BCUT2D eigenvalue weighted by Crippen LogP contribution is -2.51. The highest BCUT2D eigenvalue weighted by Crippen LogP contribution is 2.65. The molecule has 9 atom stereocenters. The molecule has 0 spiro atoms. The molecule has 174 valence electrons. The fourth-order valence-electron chi connectivity index (χ4n) is 9.42. The summed E-state index contributed by atoms with van der Waals surface area (Å²) >= 11 is 0. The number of aryl methyl sites for hydroxylation is 1. The second-order valence-corrected chi connectivity index (χ2v) is 12.2. The Morgan fingerprint density at radius 2 is 1.87 bits per heavy atom. The average molecular weight is 429 g/mol. The number of tetrazole rings is 1. The summed E-state index contributed by atoms with van der Waals surface area (Å²) < 4.78 is 0. The molecule has 5 rings (SSSR count). The van der Waals surface area contributed by atoms with Gasteiger partial charge in [0.05, 0.1) is 12.1 Å². The Labute approximate surface area is 188 Å². The summed E-state index contributed by atoms with van der Waals surface area (Å²) in [5.74, 6) is 6.60. The van der Waals surface area contributed by atoms with Crippen molar-refractivity contribution >= 4 is 0 Å². The molecule has 31 heavy (non-hydrogen) atoms. The molecule has 4 aliphatic carbocycles. The molecular weight excluding hydrogens is 384 g/mol. The van der Waals surface area contributed by atoms with E-state index in [1.807, 2.05) is 11.7 Å². The highest BCUT2D eigenvalue weighted by molar-refractivity contribution is 5.07. The summed E-state index contributed by atoms with van der Waals surface area (Å²) in [6.07, 6.45) is 14.0. The largest absolute Gasteiger partial charge is 0.390 e. The van der Waals surface area contributed by atoms with Gasteiger partial charge < -0.3 is 5.11 Å². The lowest BCUT2D eigenvalue weighted by molar-refractivity contribution is -0.110. The van der Waals surface area contributed by atoms with E-state index in [2.05, 4.69) is 36.2 Å². The van der Waals surface area contributed by atoms with Gasteiger partial charge in [-0.05, 0) is 123 Å². The van der Waals surface area contributed by atoms with Gasteiger partial charge in [0, 0.05) is 0 Å². The van der Waals surface area contributed by atoms with Crippen LogP contribution in [0.2, 0.25) is 0 Å². The van der Waals surface area contributed by atoms with Crippen LogP contribution in [0, 0.1) is 53.8 Å². The highest BCUT2D eigenvalue weighted by atomic mass is 16.3. The van der Waals surface area contributed by atoms with Crippen LogP contribution in [-0.2, 0) is 6.54 Å². The number of nitrogens with zero attached hydrogens (tertiary/aromatic N) is 4. The van der Waals surface area contributed by atoms with Gasteiger partial charge in [-0.3, -0.25) is 0 Å². The first-order valence-corrected chi connectivity index (χ1v) is 13.3. The minimum atomic E-state index is -0.354. The van der Waals surface area contributed by atoms with Crippen molar-refractivity contribution in [2.75, 3.05) is 0 Å². The maximum Gasteiger partial charge on any atom is 0.171 e. The van der Waals surface area contributed by atoms with E-state index in [0.29, 0.717) is 11.3 Å². The van der Waals surface area contributed by atoms with Crippen LogP contribution in [0.5, 0.6) is 0 Å². The molecule has 0 saturated heterocycles. The van der Waals surface area contributed by atoms with E-state index in [1.165, 1.54) is 44.9 Å². The normalized spacial score (nSPS) is 45.6. The second kappa shape index (κ2) is 8.11. The van der Waals surface area contributed by atoms with Crippen molar-refractivity contribution in [2.45, 2.75) is 110 Å². The quantitative estimate of drug-likeness (QED) is 0.680. The maximum absolute atomic E-state index is 11.1. The van der Waals surface area contributed by atoms with Crippen molar-refractivity contribution in [2.24, 2.45) is 46.8 Å². The first-order chi connectivity index (χ1) is 14.8. The van der Waals surface area contributed by atoms with Gasteiger partial charge in [0.25, 0.3) is 0 Å². The topological polar surface area (TPSA) is 63.8 Å². The number of aromatic nitrogens is 4. The van der Waals surface area contributed by atoms with Gasteiger partial charge in [0.15, 0.2) is 5.82 Å². The van der Waals surface area contributed by atoms with E-state index in [1.54, 1.807) is 0 Å². The number of hydrogen-bond donors (Lipinski definition) is 1. The lowest BCUT2D eigenvalue weighted by Gasteiger charge is -2.57. The van der Waals surface area contributed by atoms with Crippen LogP contribution in [0.15, 0.2) is 0 Å². The predicted octanol–water partition coefficient (Wildman–Crippen LogP) is 5.42. The highest BCUT2D eigenvalue weighted by Gasteiger charge is 2.58. The molecule has 1 aromatic rings. The molecule has 5 heteroatoms. The number of aliphatic hydroxyl groups is 1. The summed E-state index contributed by atoms with van der Waals surface area (Å²) in [4.78, 5) is 1.83. The van der Waals surface area contributed by atoms with Crippen LogP contribution < -0.4 is 0 Å². The Kier molecular flexibility index (Phi) is 5.72. The Morgan fingerprint density at radius 1 is 1.06 bits per heavy atom. The minimum absolute atomic E-state index is 0.354. The number of fused-ring (bicyclic) bond motifs is 5. The van der Waals surface area contributed by atoms with Gasteiger partial charge in [-0.2, -0.15) is 4.80 Å². The van der Waals surface area contributed by atoms with Gasteiger partial charge in [-0.25, -0.2) is 0 Å². The maximum atomic E-state index is 11.1. The second-order valence-electron chi connectivity index (χ2n) is 12.2. The van der Waals surface area contributed by atoms with Crippen molar-refractivity contribution in [1.29, 1.82) is 0 Å². The molecule has 5 nitrogen and oxygen atoms in total. The molecule has 0 aliphatic heterocycles. The van der Waals surface area contributed by atoms with E-state index in [-0.39, 0.29) is 5.60 Å². The summed E-state index contributed by atoms with van der Waals surface area (Å²) in [6.45, 7) is 10.1. The monoisotopic (exact) mass is 428 g/mol. The van der Waals surface area contributed by atoms with Crippen molar-refractivity contribution < 1.29 is 5.11 Å². The first kappa shape index (κ1) is 21.9. The molecule has 9 unspecified atom stereocenters. The minimum Gasteiger partial charge on any atom is -0.390 e. The molecule has 1 aromatic heterocycles. The molecule has 0 amide bonds. The van der Waals surface area contributed by atoms with Gasteiger partial charge in [0.2, 0.25) is 0 Å². The third-order valence-corrected chi connectivity index (χ3v) is 10.6. The first-order valence-electron chi connectivity index (χ1n) is 13.3.